The van der Waals surface area contributed by atoms with Crippen LogP contribution in [0.25, 0.3) is 0 Å². The Morgan fingerprint density at radius 1 is 1.32 bits per heavy atom. The van der Waals surface area contributed by atoms with Gasteiger partial charge < -0.3 is 4.90 Å². The molecular weight excluding hydrogens is 258 g/mol. The van der Waals surface area contributed by atoms with Crippen LogP contribution in [-0.2, 0) is 10.8 Å². The van der Waals surface area contributed by atoms with E-state index in [2.05, 4.69) is 6.92 Å². The summed E-state index contributed by atoms with van der Waals surface area (Å²) in [5, 5.41) is 0. The van der Waals surface area contributed by atoms with E-state index in [0.717, 1.165) is 30.7 Å². The van der Waals surface area contributed by atoms with E-state index in [1.165, 1.54) is 6.42 Å². The molecule has 0 aliphatic carbocycles. The Morgan fingerprint density at radius 2 is 2.00 bits per heavy atom. The molecule has 0 bridgehead atoms. The number of hydrogen-bond acceptors (Lipinski definition) is 2. The van der Waals surface area contributed by atoms with Crippen molar-refractivity contribution in [2.45, 2.75) is 43.5 Å². The topological polar surface area (TPSA) is 37.4 Å². The molecule has 3 nitrogen and oxygen atoms in total. The van der Waals surface area contributed by atoms with Crippen LogP contribution in [0.2, 0.25) is 0 Å². The monoisotopic (exact) mass is 279 g/mol. The van der Waals surface area contributed by atoms with Crippen LogP contribution in [0, 0.1) is 0 Å². The van der Waals surface area contributed by atoms with Gasteiger partial charge in [-0.2, -0.15) is 0 Å². The standard InChI is InChI=1S/C15H21NO2S/c1-3-13-6-4-5-11-16(13)15(17)12-7-9-14(10-8-12)19(2)18/h7-10,13H,3-6,11H2,1-2H3. The molecule has 4 heteroatoms. The highest BCUT2D eigenvalue weighted by Gasteiger charge is 2.25. The number of piperidine rings is 1. The first-order valence-electron chi connectivity index (χ1n) is 6.88. The predicted molar refractivity (Wildman–Crippen MR) is 77.7 cm³/mol. The summed E-state index contributed by atoms with van der Waals surface area (Å²) in [6.07, 6.45) is 6.09. The Hall–Kier alpha value is -1.16. The van der Waals surface area contributed by atoms with Gasteiger partial charge in [-0.05, 0) is 49.9 Å². The predicted octanol–water partition coefficient (Wildman–Crippen LogP) is 2.83. The van der Waals surface area contributed by atoms with Crippen molar-refractivity contribution in [2.75, 3.05) is 12.8 Å². The quantitative estimate of drug-likeness (QED) is 0.853. The van der Waals surface area contributed by atoms with Crippen molar-refractivity contribution in [3.63, 3.8) is 0 Å². The third kappa shape index (κ3) is 3.24. The van der Waals surface area contributed by atoms with Gasteiger partial charge in [0.1, 0.15) is 0 Å². The molecule has 1 aliphatic heterocycles. The summed E-state index contributed by atoms with van der Waals surface area (Å²) in [4.78, 5) is 15.3. The Kier molecular flexibility index (Phi) is 4.75. The summed E-state index contributed by atoms with van der Waals surface area (Å²) in [5.74, 6) is 0.111. The first kappa shape index (κ1) is 14.3. The summed E-state index contributed by atoms with van der Waals surface area (Å²) in [6.45, 7) is 3.00. The Morgan fingerprint density at radius 3 is 2.58 bits per heavy atom. The molecular formula is C15H21NO2S. The zero-order chi connectivity index (χ0) is 13.8. The highest BCUT2D eigenvalue weighted by atomic mass is 32.2. The molecule has 19 heavy (non-hydrogen) atoms. The van der Waals surface area contributed by atoms with Crippen LogP contribution in [0.1, 0.15) is 43.0 Å². The van der Waals surface area contributed by atoms with Crippen molar-refractivity contribution in [1.29, 1.82) is 0 Å². The van der Waals surface area contributed by atoms with E-state index in [4.69, 9.17) is 0 Å². The highest BCUT2D eigenvalue weighted by Crippen LogP contribution is 2.22. The van der Waals surface area contributed by atoms with Crippen LogP contribution in [0.4, 0.5) is 0 Å². The molecule has 1 aromatic rings. The van der Waals surface area contributed by atoms with Gasteiger partial charge in [-0.25, -0.2) is 0 Å². The maximum absolute atomic E-state index is 12.5. The van der Waals surface area contributed by atoms with Crippen LogP contribution in [0.3, 0.4) is 0 Å². The van der Waals surface area contributed by atoms with Crippen LogP contribution in [0.15, 0.2) is 29.2 Å². The van der Waals surface area contributed by atoms with E-state index in [-0.39, 0.29) is 5.91 Å². The number of carbonyl (C=O) groups excluding carboxylic acids is 1. The van der Waals surface area contributed by atoms with Crippen molar-refractivity contribution < 1.29 is 9.00 Å². The molecule has 0 spiro atoms. The number of rotatable bonds is 3. The second-order valence-electron chi connectivity index (χ2n) is 5.03. The smallest absolute Gasteiger partial charge is 0.254 e. The van der Waals surface area contributed by atoms with Crippen molar-refractivity contribution >= 4 is 16.7 Å². The molecule has 2 atom stereocenters. The second kappa shape index (κ2) is 6.33. The van der Waals surface area contributed by atoms with Crippen LogP contribution in [-0.4, -0.2) is 33.9 Å². The van der Waals surface area contributed by atoms with Crippen LogP contribution in [0.5, 0.6) is 0 Å². The Bertz CT molecular complexity index is 470. The summed E-state index contributed by atoms with van der Waals surface area (Å²) in [6, 6.07) is 7.53. The zero-order valence-corrected chi connectivity index (χ0v) is 12.4. The van der Waals surface area contributed by atoms with Gasteiger partial charge >= 0.3 is 0 Å². The first-order valence-corrected chi connectivity index (χ1v) is 8.43. The fourth-order valence-corrected chi connectivity index (χ4v) is 3.17. The number of hydrogen-bond donors (Lipinski definition) is 0. The molecule has 0 aromatic heterocycles. The third-order valence-corrected chi connectivity index (χ3v) is 4.73. The van der Waals surface area contributed by atoms with E-state index in [1.54, 1.807) is 30.5 Å². The van der Waals surface area contributed by atoms with Gasteiger partial charge in [-0.15, -0.1) is 0 Å². The number of carbonyl (C=O) groups is 1. The first-order chi connectivity index (χ1) is 9.13. The summed E-state index contributed by atoms with van der Waals surface area (Å²) >= 11 is 0. The minimum atomic E-state index is -0.989. The van der Waals surface area contributed by atoms with E-state index < -0.39 is 10.8 Å². The molecule has 0 N–H and O–H groups in total. The van der Waals surface area contributed by atoms with Gasteiger partial charge in [-0.1, -0.05) is 6.92 Å². The van der Waals surface area contributed by atoms with Crippen molar-refractivity contribution in [1.82, 2.24) is 4.90 Å². The van der Waals surface area contributed by atoms with Gasteiger partial charge in [0, 0.05) is 40.1 Å². The minimum Gasteiger partial charge on any atom is -0.336 e. The molecule has 0 radical (unpaired) electrons. The number of benzene rings is 1. The highest BCUT2D eigenvalue weighted by molar-refractivity contribution is 7.84. The van der Waals surface area contributed by atoms with E-state index in [9.17, 15) is 9.00 Å². The average Bonchev–Trinajstić information content (AvgIpc) is 2.46. The average molecular weight is 279 g/mol. The third-order valence-electron chi connectivity index (χ3n) is 3.79. The van der Waals surface area contributed by atoms with Gasteiger partial charge in [0.25, 0.3) is 5.91 Å². The van der Waals surface area contributed by atoms with E-state index in [1.807, 2.05) is 4.90 Å². The lowest BCUT2D eigenvalue weighted by molar-refractivity contribution is 0.0608. The normalized spacial score (nSPS) is 21.2. The maximum Gasteiger partial charge on any atom is 0.254 e. The van der Waals surface area contributed by atoms with Crippen LogP contribution < -0.4 is 0 Å². The lowest BCUT2D eigenvalue weighted by atomic mass is 9.99. The fraction of sp³-hybridized carbons (Fsp3) is 0.533. The Balaban J connectivity index is 2.16. The van der Waals surface area contributed by atoms with Gasteiger partial charge in [0.15, 0.2) is 0 Å². The minimum absolute atomic E-state index is 0.111. The summed E-state index contributed by atoms with van der Waals surface area (Å²) in [5.41, 5.74) is 0.703. The molecule has 1 aliphatic rings. The van der Waals surface area contributed by atoms with Crippen LogP contribution >= 0.6 is 0 Å². The van der Waals surface area contributed by atoms with Crippen molar-refractivity contribution in [3.8, 4) is 0 Å². The molecule has 104 valence electrons. The molecule has 2 rings (SSSR count). The largest absolute Gasteiger partial charge is 0.336 e. The second-order valence-corrected chi connectivity index (χ2v) is 6.41. The number of likely N-dealkylation sites (tertiary alicyclic amines) is 1. The Labute approximate surface area is 117 Å². The van der Waals surface area contributed by atoms with Gasteiger partial charge in [0.05, 0.1) is 0 Å². The number of amides is 1. The summed E-state index contributed by atoms with van der Waals surface area (Å²) < 4.78 is 11.3. The lowest BCUT2D eigenvalue weighted by Gasteiger charge is -2.35. The van der Waals surface area contributed by atoms with Crippen molar-refractivity contribution in [3.05, 3.63) is 29.8 Å². The molecule has 1 saturated heterocycles. The zero-order valence-electron chi connectivity index (χ0n) is 11.6. The van der Waals surface area contributed by atoms with Gasteiger partial charge in [-0.3, -0.25) is 9.00 Å². The lowest BCUT2D eigenvalue weighted by Crippen LogP contribution is -2.43. The number of nitrogens with zero attached hydrogens (tertiary/aromatic N) is 1. The molecule has 1 amide bonds. The maximum atomic E-state index is 12.5. The molecule has 0 saturated carbocycles. The molecule has 1 heterocycles. The molecule has 2 unspecified atom stereocenters. The fourth-order valence-electron chi connectivity index (χ4n) is 2.65. The molecule has 1 aromatic carbocycles. The van der Waals surface area contributed by atoms with Gasteiger partial charge in [0.2, 0.25) is 0 Å². The molecule has 1 fully saturated rings. The van der Waals surface area contributed by atoms with E-state index >= 15 is 0 Å². The van der Waals surface area contributed by atoms with Crippen molar-refractivity contribution in [2.24, 2.45) is 0 Å². The SMILES string of the molecule is CCC1CCCCN1C(=O)c1ccc(S(C)=O)cc1. The summed E-state index contributed by atoms with van der Waals surface area (Å²) in [7, 11) is -0.989. The van der Waals surface area contributed by atoms with E-state index in [0.29, 0.717) is 11.6 Å².